The molecule has 0 saturated heterocycles. The number of aromatic nitrogens is 5. The molecule has 2 heterocycles. The zero-order chi connectivity index (χ0) is 27.8. The molecule has 0 saturated carbocycles. The van der Waals surface area contributed by atoms with Crippen LogP contribution in [0.15, 0.2) is 61.5 Å². The van der Waals surface area contributed by atoms with E-state index in [-0.39, 0.29) is 17.6 Å². The summed E-state index contributed by atoms with van der Waals surface area (Å²) in [5, 5.41) is 24.1. The molecule has 1 amide bonds. The number of benzene rings is 2. The molecule has 0 aliphatic heterocycles. The number of methoxy groups -OCH3 is 2. The molecule has 4 N–H and O–H groups in total. The molecule has 39 heavy (non-hydrogen) atoms. The Morgan fingerprint density at radius 3 is 2.69 bits per heavy atom. The Labute approximate surface area is 245 Å². The summed E-state index contributed by atoms with van der Waals surface area (Å²) in [6.07, 6.45) is 0. The number of amides is 1. The van der Waals surface area contributed by atoms with E-state index in [4.69, 9.17) is 15.3 Å². The van der Waals surface area contributed by atoms with Crippen LogP contribution in [0.5, 0.6) is 11.5 Å². The highest BCUT2D eigenvalue weighted by Gasteiger charge is 2.14. The van der Waals surface area contributed by atoms with Crippen LogP contribution in [0.25, 0.3) is 0 Å². The van der Waals surface area contributed by atoms with Crippen LogP contribution in [-0.4, -0.2) is 56.7 Å². The first-order valence-electron chi connectivity index (χ1n) is 11.2. The minimum atomic E-state index is -0.264. The maximum Gasteiger partial charge on any atom is 0.264 e. The fraction of sp³-hybridized carbons (Fsp3) is 0.217. The van der Waals surface area contributed by atoms with Gasteiger partial charge in [-0.25, -0.2) is 10.1 Å². The van der Waals surface area contributed by atoms with Gasteiger partial charge in [-0.1, -0.05) is 62.9 Å². The summed E-state index contributed by atoms with van der Waals surface area (Å²) in [6, 6.07) is 13.5. The summed E-state index contributed by atoms with van der Waals surface area (Å²) in [4.78, 5) is 12.4. The van der Waals surface area contributed by atoms with Crippen molar-refractivity contribution in [1.29, 1.82) is 0 Å². The molecule has 0 atom stereocenters. The van der Waals surface area contributed by atoms with Gasteiger partial charge in [-0.15, -0.1) is 20.4 Å². The number of nitrogen functional groups attached to an aromatic ring is 1. The zero-order valence-electron chi connectivity index (χ0n) is 21.0. The van der Waals surface area contributed by atoms with E-state index in [1.807, 2.05) is 37.3 Å². The summed E-state index contributed by atoms with van der Waals surface area (Å²) in [5.41, 5.74) is 5.45. The van der Waals surface area contributed by atoms with Crippen molar-refractivity contribution in [2.45, 2.75) is 22.2 Å². The van der Waals surface area contributed by atoms with Crippen molar-refractivity contribution in [1.82, 2.24) is 25.1 Å². The van der Waals surface area contributed by atoms with Gasteiger partial charge >= 0.3 is 0 Å². The van der Waals surface area contributed by atoms with Gasteiger partial charge in [0.2, 0.25) is 16.2 Å². The van der Waals surface area contributed by atoms with E-state index in [9.17, 15) is 4.79 Å². The fourth-order valence-corrected chi connectivity index (χ4v) is 5.90. The number of carbonyl (C=O) groups is 1. The predicted molar refractivity (Wildman–Crippen MR) is 159 cm³/mol. The van der Waals surface area contributed by atoms with Gasteiger partial charge in [0.25, 0.3) is 5.95 Å². The Kier molecular flexibility index (Phi) is 10.0. The van der Waals surface area contributed by atoms with Crippen LogP contribution in [-0.2, 0) is 10.5 Å². The summed E-state index contributed by atoms with van der Waals surface area (Å²) in [5.74, 6) is 8.06. The molecule has 0 fully saturated rings. The van der Waals surface area contributed by atoms with E-state index in [2.05, 4.69) is 58.2 Å². The smallest absolute Gasteiger partial charge is 0.264 e. The van der Waals surface area contributed by atoms with Crippen LogP contribution in [0.1, 0.15) is 18.1 Å². The molecule has 2 aromatic carbocycles. The Hall–Kier alpha value is -3.34. The molecule has 16 heteroatoms. The molecular formula is C23H24BrN9O3S3. The van der Waals surface area contributed by atoms with Gasteiger partial charge in [-0.05, 0) is 42.8 Å². The standard InChI is InChI=1S/C23H24BrN9O3S3/c1-13(15-7-8-17(35-2)18(10-15)36-3)27-28-20-29-31-22(33(20)25)37-12-19(34)26-21-30-32-23(39-21)38-11-14-5-4-6-16(24)9-14/h4-10H,11-12,25H2,1-3H3,(H,28,29)(H,26,30,34)/b27-13+. The van der Waals surface area contributed by atoms with Crippen molar-refractivity contribution < 1.29 is 14.3 Å². The fourth-order valence-electron chi connectivity index (χ4n) is 3.09. The molecule has 0 spiro atoms. The van der Waals surface area contributed by atoms with Crippen molar-refractivity contribution in [3.05, 3.63) is 58.1 Å². The number of nitrogens with one attached hydrogen (secondary N) is 2. The molecule has 204 valence electrons. The molecule has 0 radical (unpaired) electrons. The van der Waals surface area contributed by atoms with Crippen LogP contribution >= 0.6 is 50.8 Å². The lowest BCUT2D eigenvalue weighted by atomic mass is 10.1. The average molecular weight is 651 g/mol. The Bertz CT molecular complexity index is 1480. The SMILES string of the molecule is COc1ccc(/C(C)=N/Nc2nnc(SCC(=O)Nc3nnc(SCc4cccc(Br)c4)s3)n2N)cc1OC. The van der Waals surface area contributed by atoms with Crippen LogP contribution in [0, 0.1) is 0 Å². The van der Waals surface area contributed by atoms with Crippen LogP contribution in [0.4, 0.5) is 11.1 Å². The topological polar surface area (TPSA) is 154 Å². The molecular weight excluding hydrogens is 626 g/mol. The number of nitrogens with two attached hydrogens (primary N) is 1. The first kappa shape index (κ1) is 28.7. The average Bonchev–Trinajstić information content (AvgIpc) is 3.54. The van der Waals surface area contributed by atoms with Crippen LogP contribution in [0.3, 0.4) is 0 Å². The number of hydrogen-bond acceptors (Lipinski definition) is 13. The first-order valence-corrected chi connectivity index (χ1v) is 14.8. The molecule has 12 nitrogen and oxygen atoms in total. The lowest BCUT2D eigenvalue weighted by molar-refractivity contribution is -0.113. The molecule has 0 bridgehead atoms. The number of nitrogens with zero attached hydrogens (tertiary/aromatic N) is 6. The van der Waals surface area contributed by atoms with Gasteiger partial charge < -0.3 is 15.3 Å². The molecule has 4 rings (SSSR count). The maximum atomic E-state index is 12.4. The molecule has 0 unspecified atom stereocenters. The molecule has 0 aliphatic carbocycles. The number of thioether (sulfide) groups is 2. The number of hydrogen-bond donors (Lipinski definition) is 3. The van der Waals surface area contributed by atoms with Crippen molar-refractivity contribution in [2.24, 2.45) is 5.10 Å². The summed E-state index contributed by atoms with van der Waals surface area (Å²) >= 11 is 7.47. The van der Waals surface area contributed by atoms with Crippen molar-refractivity contribution in [2.75, 3.05) is 36.6 Å². The van der Waals surface area contributed by atoms with Gasteiger partial charge in [0, 0.05) is 15.8 Å². The van der Waals surface area contributed by atoms with Crippen LogP contribution in [0.2, 0.25) is 0 Å². The number of hydrazone groups is 1. The second-order valence-corrected chi connectivity index (χ2v) is 11.7. The quantitative estimate of drug-likeness (QED) is 0.0654. The zero-order valence-corrected chi connectivity index (χ0v) is 25.1. The van der Waals surface area contributed by atoms with E-state index in [0.29, 0.717) is 27.5 Å². The summed E-state index contributed by atoms with van der Waals surface area (Å²) in [6.45, 7) is 1.82. The van der Waals surface area contributed by atoms with Crippen molar-refractivity contribution in [3.63, 3.8) is 0 Å². The van der Waals surface area contributed by atoms with Gasteiger partial charge in [0.15, 0.2) is 15.8 Å². The Morgan fingerprint density at radius 2 is 1.92 bits per heavy atom. The highest BCUT2D eigenvalue weighted by Crippen LogP contribution is 2.30. The maximum absolute atomic E-state index is 12.4. The summed E-state index contributed by atoms with van der Waals surface area (Å²) in [7, 11) is 3.14. The largest absolute Gasteiger partial charge is 0.493 e. The number of halogens is 1. The minimum absolute atomic E-state index is 0.0589. The third-order valence-corrected chi connectivity index (χ3v) is 8.51. The lowest BCUT2D eigenvalue weighted by Crippen LogP contribution is -2.17. The molecule has 4 aromatic rings. The Morgan fingerprint density at radius 1 is 1.10 bits per heavy atom. The highest BCUT2D eigenvalue weighted by atomic mass is 79.9. The predicted octanol–water partition coefficient (Wildman–Crippen LogP) is 4.48. The molecule has 2 aromatic heterocycles. The number of carbonyl (C=O) groups excluding carboxylic acids is 1. The Balaban J connectivity index is 1.27. The summed E-state index contributed by atoms with van der Waals surface area (Å²) < 4.78 is 13.6. The number of rotatable bonds is 12. The minimum Gasteiger partial charge on any atom is -0.493 e. The van der Waals surface area contributed by atoms with E-state index >= 15 is 0 Å². The van der Waals surface area contributed by atoms with Crippen molar-refractivity contribution >= 4 is 73.5 Å². The first-order chi connectivity index (χ1) is 18.9. The van der Waals surface area contributed by atoms with E-state index in [1.165, 1.54) is 16.0 Å². The van der Waals surface area contributed by atoms with Gasteiger partial charge in [-0.2, -0.15) is 5.10 Å². The van der Waals surface area contributed by atoms with Crippen LogP contribution < -0.4 is 26.1 Å². The monoisotopic (exact) mass is 649 g/mol. The third kappa shape index (κ3) is 7.84. The van der Waals surface area contributed by atoms with E-state index in [1.54, 1.807) is 32.0 Å². The highest BCUT2D eigenvalue weighted by molar-refractivity contribution is 9.10. The van der Waals surface area contributed by atoms with Gasteiger partial charge in [0.05, 0.1) is 25.7 Å². The van der Waals surface area contributed by atoms with Gasteiger partial charge in [-0.3, -0.25) is 10.1 Å². The number of anilines is 2. The molecule has 0 aliphatic rings. The van der Waals surface area contributed by atoms with E-state index in [0.717, 1.165) is 37.5 Å². The number of ether oxygens (including phenoxy) is 2. The second-order valence-electron chi connectivity index (χ2n) is 7.68. The lowest BCUT2D eigenvalue weighted by Gasteiger charge is -2.09. The normalized spacial score (nSPS) is 11.3. The third-order valence-electron chi connectivity index (χ3n) is 5.03. The van der Waals surface area contributed by atoms with Crippen molar-refractivity contribution in [3.8, 4) is 11.5 Å². The van der Waals surface area contributed by atoms with E-state index < -0.39 is 0 Å². The second kappa shape index (κ2) is 13.6. The van der Waals surface area contributed by atoms with Gasteiger partial charge in [0.1, 0.15) is 0 Å².